The predicted molar refractivity (Wildman–Crippen MR) is 180 cm³/mol. The molecule has 0 aromatic carbocycles. The van der Waals surface area contributed by atoms with Crippen LogP contribution in [0.3, 0.4) is 0 Å². The van der Waals surface area contributed by atoms with Crippen LogP contribution in [0.15, 0.2) is 24.3 Å². The number of aliphatic carboxylic acids is 1. The van der Waals surface area contributed by atoms with Gasteiger partial charge < -0.3 is 25.2 Å². The number of carboxylic acids is 1. The molecule has 0 bridgehead atoms. The smallest absolute Gasteiger partial charge is 0.472 e. The van der Waals surface area contributed by atoms with E-state index in [0.717, 1.165) is 57.8 Å². The molecule has 0 heterocycles. The summed E-state index contributed by atoms with van der Waals surface area (Å²) in [6.07, 6.45) is 29.5. The third-order valence-corrected chi connectivity index (χ3v) is 8.18. The lowest BCUT2D eigenvalue weighted by molar-refractivity contribution is -0.154. The molecule has 0 spiro atoms. The fourth-order valence-corrected chi connectivity index (χ4v) is 5.23. The van der Waals surface area contributed by atoms with E-state index in [-0.39, 0.29) is 13.0 Å². The Hall–Kier alpha value is -1.55. The Morgan fingerprint density at radius 3 is 1.84 bits per heavy atom. The molecule has 3 unspecified atom stereocenters. The third-order valence-electron chi connectivity index (χ3n) is 7.23. The number of phosphoric acid groups is 1. The van der Waals surface area contributed by atoms with Gasteiger partial charge in [-0.15, -0.1) is 0 Å². The number of ether oxygens (including phenoxy) is 2. The lowest BCUT2D eigenvalue weighted by atomic mass is 10.1. The van der Waals surface area contributed by atoms with E-state index in [1.807, 2.05) is 0 Å². The van der Waals surface area contributed by atoms with Crippen LogP contribution in [0.4, 0.5) is 0 Å². The second-order valence-electron chi connectivity index (χ2n) is 11.6. The van der Waals surface area contributed by atoms with E-state index in [1.54, 1.807) is 0 Å². The topological polar surface area (TPSA) is 155 Å². The number of nitrogens with two attached hydrogens (primary N) is 1. The summed E-state index contributed by atoms with van der Waals surface area (Å²) in [5.41, 5.74) is 5.31. The molecule has 0 saturated carbocycles. The lowest BCUT2D eigenvalue weighted by Crippen LogP contribution is -2.34. The Kier molecular flexibility index (Phi) is 30.0. The van der Waals surface area contributed by atoms with Crippen molar-refractivity contribution >= 4 is 19.8 Å². The van der Waals surface area contributed by atoms with Crippen molar-refractivity contribution in [1.82, 2.24) is 0 Å². The van der Waals surface area contributed by atoms with Gasteiger partial charge in [-0.1, -0.05) is 115 Å². The highest BCUT2D eigenvalue weighted by molar-refractivity contribution is 7.47. The van der Waals surface area contributed by atoms with Crippen molar-refractivity contribution in [1.29, 1.82) is 0 Å². The van der Waals surface area contributed by atoms with Crippen LogP contribution in [0.1, 0.15) is 142 Å². The van der Waals surface area contributed by atoms with E-state index in [1.165, 1.54) is 57.8 Å². The average molecular weight is 662 g/mol. The molecular formula is C34H64NO9P. The average Bonchev–Trinajstić information content (AvgIpc) is 3.01. The summed E-state index contributed by atoms with van der Waals surface area (Å²) in [6, 6.07) is -1.47. The number of esters is 1. The van der Waals surface area contributed by atoms with Gasteiger partial charge in [0.2, 0.25) is 0 Å². The van der Waals surface area contributed by atoms with Crippen LogP contribution in [0.2, 0.25) is 0 Å². The number of hydrogen-bond acceptors (Lipinski definition) is 8. The molecule has 0 aromatic heterocycles. The molecule has 0 radical (unpaired) electrons. The standard InChI is InChI=1S/C34H64NO9P/c1-3-5-7-9-11-13-14-15-16-17-18-19-20-22-24-26-33(36)44-31(28-41-27-25-23-21-12-10-8-6-4-2)29-42-45(39,40)43-30-32(35)34(37)38/h11,13,15-16,31-32H,3-10,12,14,17-30,35H2,1-2H3,(H,37,38)(H,39,40)/b13-11-,16-15-. The highest BCUT2D eigenvalue weighted by Crippen LogP contribution is 2.43. The molecule has 0 saturated heterocycles. The van der Waals surface area contributed by atoms with Gasteiger partial charge in [-0.3, -0.25) is 18.6 Å². The maximum Gasteiger partial charge on any atom is 0.472 e. The van der Waals surface area contributed by atoms with Crippen molar-refractivity contribution in [2.45, 2.75) is 154 Å². The number of rotatable bonds is 33. The molecular weight excluding hydrogens is 597 g/mol. The quantitative estimate of drug-likeness (QED) is 0.0270. The predicted octanol–water partition coefficient (Wildman–Crippen LogP) is 8.41. The second-order valence-corrected chi connectivity index (χ2v) is 13.1. The Balaban J connectivity index is 4.34. The highest BCUT2D eigenvalue weighted by atomic mass is 31.2. The first kappa shape index (κ1) is 43.5. The van der Waals surface area contributed by atoms with Crippen LogP contribution in [-0.4, -0.2) is 60.5 Å². The lowest BCUT2D eigenvalue weighted by Gasteiger charge is -2.20. The van der Waals surface area contributed by atoms with E-state index in [0.29, 0.717) is 13.0 Å². The molecule has 0 aliphatic rings. The number of unbranched alkanes of at least 4 members (excludes halogenated alkanes) is 15. The minimum absolute atomic E-state index is 0.0129. The zero-order valence-electron chi connectivity index (χ0n) is 28.2. The first-order valence-corrected chi connectivity index (χ1v) is 18.9. The van der Waals surface area contributed by atoms with Crippen LogP contribution in [0, 0.1) is 0 Å². The molecule has 10 nitrogen and oxygen atoms in total. The fourth-order valence-electron chi connectivity index (χ4n) is 4.45. The Morgan fingerprint density at radius 2 is 1.22 bits per heavy atom. The monoisotopic (exact) mass is 661 g/mol. The summed E-state index contributed by atoms with van der Waals surface area (Å²) in [4.78, 5) is 33.2. The second kappa shape index (κ2) is 31.1. The van der Waals surface area contributed by atoms with Crippen molar-refractivity contribution < 1.29 is 42.7 Å². The van der Waals surface area contributed by atoms with Gasteiger partial charge in [0.25, 0.3) is 0 Å². The normalized spacial score (nSPS) is 14.6. The van der Waals surface area contributed by atoms with Gasteiger partial charge in [0, 0.05) is 13.0 Å². The molecule has 0 aliphatic carbocycles. The Bertz CT molecular complexity index is 821. The Morgan fingerprint density at radius 1 is 0.711 bits per heavy atom. The summed E-state index contributed by atoms with van der Waals surface area (Å²) >= 11 is 0. The number of carbonyl (C=O) groups excluding carboxylic acids is 1. The zero-order chi connectivity index (χ0) is 33.4. The highest BCUT2D eigenvalue weighted by Gasteiger charge is 2.27. The summed E-state index contributed by atoms with van der Waals surface area (Å²) in [7, 11) is -4.60. The SMILES string of the molecule is CCCCC/C=C\C/C=C\CCCCCCCC(=O)OC(COCCCCCCCCCC)COP(=O)(O)OCC(N)C(=O)O. The largest absolute Gasteiger partial charge is 0.480 e. The van der Waals surface area contributed by atoms with Gasteiger partial charge in [-0.2, -0.15) is 0 Å². The van der Waals surface area contributed by atoms with Gasteiger partial charge in [-0.25, -0.2) is 4.57 Å². The summed E-state index contributed by atoms with van der Waals surface area (Å²) in [5, 5.41) is 8.83. The van der Waals surface area contributed by atoms with Crippen molar-refractivity contribution in [3.05, 3.63) is 24.3 Å². The van der Waals surface area contributed by atoms with Crippen LogP contribution >= 0.6 is 7.82 Å². The maximum atomic E-state index is 12.5. The number of carboxylic acid groups (broad SMARTS) is 1. The third kappa shape index (κ3) is 30.8. The van der Waals surface area contributed by atoms with E-state index in [9.17, 15) is 19.0 Å². The van der Waals surface area contributed by atoms with E-state index < -0.39 is 45.1 Å². The molecule has 0 amide bonds. The zero-order valence-corrected chi connectivity index (χ0v) is 29.1. The van der Waals surface area contributed by atoms with E-state index >= 15 is 0 Å². The van der Waals surface area contributed by atoms with E-state index in [2.05, 4.69) is 42.7 Å². The van der Waals surface area contributed by atoms with Crippen molar-refractivity contribution in [3.8, 4) is 0 Å². The van der Waals surface area contributed by atoms with Gasteiger partial charge in [-0.05, 0) is 44.9 Å². The van der Waals surface area contributed by atoms with Crippen molar-refractivity contribution in [2.24, 2.45) is 5.73 Å². The molecule has 0 rings (SSSR count). The molecule has 0 aliphatic heterocycles. The van der Waals surface area contributed by atoms with Gasteiger partial charge in [0.05, 0.1) is 19.8 Å². The van der Waals surface area contributed by atoms with Gasteiger partial charge in [0.15, 0.2) is 0 Å². The van der Waals surface area contributed by atoms with Crippen LogP contribution in [-0.2, 0) is 32.7 Å². The number of hydrogen-bond donors (Lipinski definition) is 3. The molecule has 264 valence electrons. The van der Waals surface area contributed by atoms with Crippen molar-refractivity contribution in [2.75, 3.05) is 26.4 Å². The van der Waals surface area contributed by atoms with Crippen LogP contribution in [0.5, 0.6) is 0 Å². The summed E-state index contributed by atoms with van der Waals surface area (Å²) < 4.78 is 33.0. The number of allylic oxidation sites excluding steroid dienone is 4. The minimum Gasteiger partial charge on any atom is -0.480 e. The van der Waals surface area contributed by atoms with Crippen LogP contribution in [0.25, 0.3) is 0 Å². The first-order valence-electron chi connectivity index (χ1n) is 17.4. The van der Waals surface area contributed by atoms with E-state index in [4.69, 9.17) is 24.8 Å². The Labute approximate surface area is 273 Å². The number of phosphoric ester groups is 1. The van der Waals surface area contributed by atoms with Gasteiger partial charge in [0.1, 0.15) is 12.1 Å². The molecule has 4 N–H and O–H groups in total. The first-order chi connectivity index (χ1) is 21.7. The summed E-state index contributed by atoms with van der Waals surface area (Å²) in [5.74, 6) is -1.80. The molecule has 0 aromatic rings. The molecule has 45 heavy (non-hydrogen) atoms. The fraction of sp³-hybridized carbons (Fsp3) is 0.824. The summed E-state index contributed by atoms with van der Waals surface area (Å²) in [6.45, 7) is 3.78. The van der Waals surface area contributed by atoms with Gasteiger partial charge >= 0.3 is 19.8 Å². The molecule has 3 atom stereocenters. The molecule has 11 heteroatoms. The molecule has 0 fully saturated rings. The maximum absolute atomic E-state index is 12.5. The van der Waals surface area contributed by atoms with Crippen molar-refractivity contribution in [3.63, 3.8) is 0 Å². The minimum atomic E-state index is -4.60. The van der Waals surface area contributed by atoms with Crippen LogP contribution < -0.4 is 5.73 Å². The number of carbonyl (C=O) groups is 2.